The normalized spacial score (nSPS) is 11.8. The summed E-state index contributed by atoms with van der Waals surface area (Å²) in [7, 11) is 3.53. The van der Waals surface area contributed by atoms with Crippen molar-refractivity contribution < 1.29 is 17.6 Å². The minimum absolute atomic E-state index is 0. The maximum atomic E-state index is 14.0. The number of halogens is 5. The Morgan fingerprint density at radius 1 is 1.24 bits per heavy atom. The lowest BCUT2D eigenvalue weighted by Gasteiger charge is -2.14. The number of thiazole rings is 1. The Hall–Kier alpha value is -1.63. The molecular weight excluding hydrogens is 521 g/mol. The molecule has 2 N–H and O–H groups in total. The van der Waals surface area contributed by atoms with E-state index in [1.165, 1.54) is 6.07 Å². The molecule has 0 bridgehead atoms. The summed E-state index contributed by atoms with van der Waals surface area (Å²) in [6, 6.07) is 4.94. The van der Waals surface area contributed by atoms with Crippen LogP contribution >= 0.6 is 35.3 Å². The fraction of sp³-hybridized carbons (Fsp3) is 0.444. The third-order valence-electron chi connectivity index (χ3n) is 3.73. The second kappa shape index (κ2) is 11.5. The lowest BCUT2D eigenvalue weighted by Crippen LogP contribution is -2.38. The smallest absolute Gasteiger partial charge is 0.375 e. The first-order chi connectivity index (χ1) is 13.2. The molecular formula is C18H24F4IN5S. The molecule has 0 amide bonds. The number of rotatable bonds is 7. The Kier molecular flexibility index (Phi) is 10.1. The topological polar surface area (TPSA) is 52.6 Å². The van der Waals surface area contributed by atoms with E-state index in [0.29, 0.717) is 36.2 Å². The quantitative estimate of drug-likeness (QED) is 0.236. The van der Waals surface area contributed by atoms with Crippen LogP contribution < -0.4 is 15.5 Å². The van der Waals surface area contributed by atoms with Crippen molar-refractivity contribution >= 4 is 47.0 Å². The van der Waals surface area contributed by atoms with Gasteiger partial charge in [0, 0.05) is 39.0 Å². The molecule has 0 fully saturated rings. The van der Waals surface area contributed by atoms with Gasteiger partial charge in [0.2, 0.25) is 0 Å². The highest BCUT2D eigenvalue weighted by Crippen LogP contribution is 2.30. The third-order valence-corrected chi connectivity index (χ3v) is 4.64. The first-order valence-corrected chi connectivity index (χ1v) is 9.58. The summed E-state index contributed by atoms with van der Waals surface area (Å²) in [5.74, 6) is 0.187. The summed E-state index contributed by atoms with van der Waals surface area (Å²) < 4.78 is 51.8. The zero-order valence-corrected chi connectivity index (χ0v) is 19.5. The molecule has 1 heterocycles. The van der Waals surface area contributed by atoms with Crippen LogP contribution in [0.3, 0.4) is 0 Å². The lowest BCUT2D eigenvalue weighted by molar-refractivity contribution is -0.140. The van der Waals surface area contributed by atoms with Gasteiger partial charge in [0.25, 0.3) is 0 Å². The molecule has 2 aromatic rings. The molecule has 1 aromatic carbocycles. The Labute approximate surface area is 188 Å². The average Bonchev–Trinajstić information content (AvgIpc) is 3.08. The predicted octanol–water partition coefficient (Wildman–Crippen LogP) is 4.28. The van der Waals surface area contributed by atoms with Crippen LogP contribution in [0.2, 0.25) is 0 Å². The highest BCUT2D eigenvalue weighted by molar-refractivity contribution is 14.0. The van der Waals surface area contributed by atoms with Crippen molar-refractivity contribution in [2.24, 2.45) is 4.99 Å². The maximum Gasteiger partial charge on any atom is 0.434 e. The number of anilines is 1. The molecule has 0 saturated heterocycles. The summed E-state index contributed by atoms with van der Waals surface area (Å²) >= 11 is 0.980. The molecule has 11 heteroatoms. The first-order valence-electron chi connectivity index (χ1n) is 8.70. The standard InChI is InChI=1S/C18H23F4N5S.HI/c1-4-23-17(24-8-7-16-26-15(11-28-16)18(20,21)22)25-10-12-5-6-14(27(2)3)13(19)9-12;/h5-6,9,11H,4,7-8,10H2,1-3H3,(H2,23,24,25);1H. The molecule has 0 atom stereocenters. The minimum Gasteiger partial charge on any atom is -0.375 e. The SMILES string of the molecule is CCNC(=NCc1ccc(N(C)C)c(F)c1)NCCc1nc(C(F)(F)F)cs1.I. The van der Waals surface area contributed by atoms with Crippen molar-refractivity contribution in [3.63, 3.8) is 0 Å². The number of alkyl halides is 3. The minimum atomic E-state index is -4.42. The second-order valence-corrected chi connectivity index (χ2v) is 7.12. The lowest BCUT2D eigenvalue weighted by atomic mass is 10.2. The summed E-state index contributed by atoms with van der Waals surface area (Å²) in [6.45, 7) is 3.18. The molecule has 162 valence electrons. The van der Waals surface area contributed by atoms with Gasteiger partial charge in [-0.3, -0.25) is 0 Å². The monoisotopic (exact) mass is 545 g/mol. The van der Waals surface area contributed by atoms with Crippen LogP contribution in [0.25, 0.3) is 0 Å². The molecule has 0 radical (unpaired) electrons. The summed E-state index contributed by atoms with van der Waals surface area (Å²) in [5, 5.41) is 7.52. The molecule has 1 aromatic heterocycles. The molecule has 5 nitrogen and oxygen atoms in total. The maximum absolute atomic E-state index is 14.0. The summed E-state index contributed by atoms with van der Waals surface area (Å²) in [5.41, 5.74) is 0.353. The summed E-state index contributed by atoms with van der Waals surface area (Å²) in [4.78, 5) is 9.68. The molecule has 29 heavy (non-hydrogen) atoms. The zero-order chi connectivity index (χ0) is 20.7. The Morgan fingerprint density at radius 3 is 2.52 bits per heavy atom. The average molecular weight is 545 g/mol. The molecule has 0 unspecified atom stereocenters. The van der Waals surface area contributed by atoms with Crippen molar-refractivity contribution in [1.29, 1.82) is 0 Å². The largest absolute Gasteiger partial charge is 0.434 e. The number of nitrogens with zero attached hydrogens (tertiary/aromatic N) is 3. The third kappa shape index (κ3) is 7.96. The van der Waals surface area contributed by atoms with Gasteiger partial charge in [-0.1, -0.05) is 6.07 Å². The number of aliphatic imine (C=N–C) groups is 1. The van der Waals surface area contributed by atoms with Gasteiger partial charge >= 0.3 is 6.18 Å². The van der Waals surface area contributed by atoms with Gasteiger partial charge in [-0.2, -0.15) is 13.2 Å². The number of benzene rings is 1. The van der Waals surface area contributed by atoms with Crippen LogP contribution in [0.5, 0.6) is 0 Å². The predicted molar refractivity (Wildman–Crippen MR) is 120 cm³/mol. The molecule has 0 saturated carbocycles. The molecule has 0 aliphatic carbocycles. The Morgan fingerprint density at radius 2 is 1.97 bits per heavy atom. The number of hydrogen-bond acceptors (Lipinski definition) is 4. The van der Waals surface area contributed by atoms with Crippen LogP contribution in [0.1, 0.15) is 23.2 Å². The molecule has 0 aliphatic heterocycles. The number of aromatic nitrogens is 1. The van der Waals surface area contributed by atoms with E-state index in [0.717, 1.165) is 22.3 Å². The van der Waals surface area contributed by atoms with Crippen molar-refractivity contribution in [2.45, 2.75) is 26.1 Å². The fourth-order valence-electron chi connectivity index (χ4n) is 2.37. The van der Waals surface area contributed by atoms with Crippen molar-refractivity contribution in [1.82, 2.24) is 15.6 Å². The molecule has 0 spiro atoms. The van der Waals surface area contributed by atoms with E-state index in [1.807, 2.05) is 6.92 Å². The van der Waals surface area contributed by atoms with E-state index in [-0.39, 0.29) is 36.3 Å². The van der Waals surface area contributed by atoms with Gasteiger partial charge < -0.3 is 15.5 Å². The van der Waals surface area contributed by atoms with E-state index >= 15 is 0 Å². The van der Waals surface area contributed by atoms with Crippen molar-refractivity contribution in [3.05, 3.63) is 45.7 Å². The van der Waals surface area contributed by atoms with E-state index in [2.05, 4.69) is 20.6 Å². The number of hydrogen-bond donors (Lipinski definition) is 2. The Bertz CT molecular complexity index is 808. The van der Waals surface area contributed by atoms with E-state index < -0.39 is 11.9 Å². The molecule has 0 aliphatic rings. The fourth-order valence-corrected chi connectivity index (χ4v) is 3.17. The van der Waals surface area contributed by atoms with E-state index in [4.69, 9.17) is 0 Å². The second-order valence-electron chi connectivity index (χ2n) is 6.18. The molecule has 2 rings (SSSR count). The van der Waals surface area contributed by atoms with Crippen LogP contribution in [0, 0.1) is 5.82 Å². The van der Waals surface area contributed by atoms with Crippen molar-refractivity contribution in [3.8, 4) is 0 Å². The first kappa shape index (κ1) is 25.4. The summed E-state index contributed by atoms with van der Waals surface area (Å²) in [6.07, 6.45) is -4.08. The van der Waals surface area contributed by atoms with Gasteiger partial charge in [0.15, 0.2) is 11.7 Å². The van der Waals surface area contributed by atoms with Gasteiger partial charge in [0.1, 0.15) is 5.82 Å². The van der Waals surface area contributed by atoms with Crippen LogP contribution in [0.4, 0.5) is 23.2 Å². The van der Waals surface area contributed by atoms with Crippen molar-refractivity contribution in [2.75, 3.05) is 32.1 Å². The van der Waals surface area contributed by atoms with Gasteiger partial charge in [-0.15, -0.1) is 35.3 Å². The van der Waals surface area contributed by atoms with Gasteiger partial charge in [0.05, 0.1) is 17.2 Å². The van der Waals surface area contributed by atoms with Gasteiger partial charge in [-0.05, 0) is 24.6 Å². The number of nitrogens with one attached hydrogen (secondary N) is 2. The zero-order valence-electron chi connectivity index (χ0n) is 16.3. The highest BCUT2D eigenvalue weighted by atomic mass is 127. The number of guanidine groups is 1. The van der Waals surface area contributed by atoms with Gasteiger partial charge in [-0.25, -0.2) is 14.4 Å². The van der Waals surface area contributed by atoms with Crippen LogP contribution in [-0.4, -0.2) is 38.1 Å². The van der Waals surface area contributed by atoms with E-state index in [9.17, 15) is 17.6 Å². The van der Waals surface area contributed by atoms with Crippen LogP contribution in [-0.2, 0) is 19.1 Å². The van der Waals surface area contributed by atoms with E-state index in [1.54, 1.807) is 31.1 Å². The van der Waals surface area contributed by atoms with Crippen LogP contribution in [0.15, 0.2) is 28.6 Å². The Balaban J connectivity index is 0.00000420. The highest BCUT2D eigenvalue weighted by Gasteiger charge is 2.33.